The topological polar surface area (TPSA) is 38.8 Å². The number of piperidine rings is 1. The van der Waals surface area contributed by atoms with Crippen molar-refractivity contribution >= 4 is 22.0 Å². The van der Waals surface area contributed by atoms with Crippen molar-refractivity contribution < 1.29 is 14.3 Å². The minimum atomic E-state index is -0.198. The van der Waals surface area contributed by atoms with Crippen LogP contribution >= 0.6 is 15.9 Å². The second-order valence-corrected chi connectivity index (χ2v) is 6.55. The third kappa shape index (κ3) is 5.23. The van der Waals surface area contributed by atoms with Gasteiger partial charge in [-0.2, -0.15) is 0 Å². The summed E-state index contributed by atoms with van der Waals surface area (Å²) in [5.74, 6) is 1.37. The fourth-order valence-corrected chi connectivity index (χ4v) is 2.71. The lowest BCUT2D eigenvalue weighted by atomic mass is 9.98. The van der Waals surface area contributed by atoms with Crippen LogP contribution in [0.25, 0.3) is 0 Å². The minimum absolute atomic E-state index is 0.0601. The van der Waals surface area contributed by atoms with Crippen molar-refractivity contribution in [3.05, 3.63) is 28.7 Å². The van der Waals surface area contributed by atoms with E-state index in [1.165, 1.54) is 0 Å². The highest BCUT2D eigenvalue weighted by atomic mass is 79.9. The molecule has 0 radical (unpaired) electrons. The first-order valence-corrected chi connectivity index (χ1v) is 8.18. The van der Waals surface area contributed by atoms with Gasteiger partial charge in [0.25, 0.3) is 0 Å². The molecule has 1 saturated heterocycles. The maximum atomic E-state index is 11.8. The molecule has 1 aromatic rings. The van der Waals surface area contributed by atoms with Gasteiger partial charge >= 0.3 is 6.09 Å². The smallest absolute Gasteiger partial charge is 0.410 e. The zero-order valence-corrected chi connectivity index (χ0v) is 14.1. The van der Waals surface area contributed by atoms with Gasteiger partial charge in [-0.3, -0.25) is 0 Å². The summed E-state index contributed by atoms with van der Waals surface area (Å²) in [5, 5.41) is 0. The Balaban J connectivity index is 1.73. The Labute approximate surface area is 134 Å². The van der Waals surface area contributed by atoms with E-state index in [9.17, 15) is 4.79 Å². The van der Waals surface area contributed by atoms with E-state index in [2.05, 4.69) is 15.9 Å². The van der Waals surface area contributed by atoms with Crippen LogP contribution < -0.4 is 4.74 Å². The largest absolute Gasteiger partial charge is 0.493 e. The normalized spacial score (nSPS) is 16.1. The van der Waals surface area contributed by atoms with Crippen LogP contribution in [0, 0.1) is 5.92 Å². The third-order valence-electron chi connectivity index (χ3n) is 3.49. The quantitative estimate of drug-likeness (QED) is 0.816. The second-order valence-electron chi connectivity index (χ2n) is 5.63. The molecule has 0 N–H and O–H groups in total. The number of benzene rings is 1. The van der Waals surface area contributed by atoms with E-state index in [0.717, 1.165) is 36.2 Å². The van der Waals surface area contributed by atoms with E-state index in [4.69, 9.17) is 9.47 Å². The average Bonchev–Trinajstić information content (AvgIpc) is 2.45. The molecular formula is C16H22BrNO3. The molecular weight excluding hydrogens is 334 g/mol. The van der Waals surface area contributed by atoms with Gasteiger partial charge < -0.3 is 14.4 Å². The average molecular weight is 356 g/mol. The highest BCUT2D eigenvalue weighted by molar-refractivity contribution is 9.10. The summed E-state index contributed by atoms with van der Waals surface area (Å²) in [4.78, 5) is 13.6. The molecule has 0 aliphatic carbocycles. The lowest BCUT2D eigenvalue weighted by Gasteiger charge is -2.31. The molecule has 5 heteroatoms. The van der Waals surface area contributed by atoms with Crippen LogP contribution in [-0.4, -0.2) is 36.8 Å². The molecule has 1 aliphatic heterocycles. The number of halogens is 1. The summed E-state index contributed by atoms with van der Waals surface area (Å²) in [6.07, 6.45) is 1.66. The monoisotopic (exact) mass is 355 g/mol. The maximum Gasteiger partial charge on any atom is 0.410 e. The van der Waals surface area contributed by atoms with Crippen molar-refractivity contribution in [3.63, 3.8) is 0 Å². The number of likely N-dealkylation sites (tertiary alicyclic amines) is 1. The van der Waals surface area contributed by atoms with Gasteiger partial charge in [-0.15, -0.1) is 0 Å². The van der Waals surface area contributed by atoms with Gasteiger partial charge in [-0.25, -0.2) is 4.79 Å². The van der Waals surface area contributed by atoms with Gasteiger partial charge in [0.2, 0.25) is 0 Å². The van der Waals surface area contributed by atoms with E-state index in [-0.39, 0.29) is 12.2 Å². The molecule has 21 heavy (non-hydrogen) atoms. The van der Waals surface area contributed by atoms with Crippen LogP contribution in [0.1, 0.15) is 26.7 Å². The molecule has 1 heterocycles. The van der Waals surface area contributed by atoms with Crippen molar-refractivity contribution in [2.45, 2.75) is 32.8 Å². The van der Waals surface area contributed by atoms with Crippen molar-refractivity contribution in [1.82, 2.24) is 4.90 Å². The number of carbonyl (C=O) groups excluding carboxylic acids is 1. The summed E-state index contributed by atoms with van der Waals surface area (Å²) >= 11 is 3.43. The minimum Gasteiger partial charge on any atom is -0.493 e. The van der Waals surface area contributed by atoms with Gasteiger partial charge in [0.1, 0.15) is 5.75 Å². The van der Waals surface area contributed by atoms with Crippen LogP contribution in [0.3, 0.4) is 0 Å². The predicted molar refractivity (Wildman–Crippen MR) is 85.6 cm³/mol. The van der Waals surface area contributed by atoms with E-state index in [1.807, 2.05) is 38.1 Å². The fraction of sp³-hybridized carbons (Fsp3) is 0.562. The lowest BCUT2D eigenvalue weighted by molar-refractivity contribution is 0.0608. The van der Waals surface area contributed by atoms with E-state index in [1.54, 1.807) is 4.90 Å². The van der Waals surface area contributed by atoms with E-state index < -0.39 is 0 Å². The van der Waals surface area contributed by atoms with Crippen LogP contribution in [0.5, 0.6) is 5.75 Å². The molecule has 4 nitrogen and oxygen atoms in total. The molecule has 1 amide bonds. The van der Waals surface area contributed by atoms with Gasteiger partial charge in [0.05, 0.1) is 12.7 Å². The predicted octanol–water partition coefficient (Wildman–Crippen LogP) is 4.08. The Morgan fingerprint density at radius 3 is 2.71 bits per heavy atom. The van der Waals surface area contributed by atoms with Crippen LogP contribution in [-0.2, 0) is 4.74 Å². The van der Waals surface area contributed by atoms with Gasteiger partial charge in [-0.1, -0.05) is 22.0 Å². The lowest BCUT2D eigenvalue weighted by Crippen LogP contribution is -2.40. The first-order chi connectivity index (χ1) is 10.0. The Morgan fingerprint density at radius 1 is 1.38 bits per heavy atom. The molecule has 116 valence electrons. The zero-order chi connectivity index (χ0) is 15.2. The number of amides is 1. The van der Waals surface area contributed by atoms with Crippen molar-refractivity contribution in [3.8, 4) is 5.75 Å². The van der Waals surface area contributed by atoms with Crippen LogP contribution in [0.2, 0.25) is 0 Å². The second kappa shape index (κ2) is 7.69. The molecule has 0 unspecified atom stereocenters. The molecule has 1 fully saturated rings. The zero-order valence-electron chi connectivity index (χ0n) is 12.5. The molecule has 0 saturated carbocycles. The summed E-state index contributed by atoms with van der Waals surface area (Å²) in [6.45, 7) is 5.94. The SMILES string of the molecule is CC(C)OC(=O)N1CCC(COc2cccc(Br)c2)CC1. The van der Waals surface area contributed by atoms with Crippen LogP contribution in [0.4, 0.5) is 4.79 Å². The fourth-order valence-electron chi connectivity index (χ4n) is 2.33. The van der Waals surface area contributed by atoms with Crippen molar-refractivity contribution in [2.24, 2.45) is 5.92 Å². The summed E-state index contributed by atoms with van der Waals surface area (Å²) in [7, 11) is 0. The highest BCUT2D eigenvalue weighted by Crippen LogP contribution is 2.22. The maximum absolute atomic E-state index is 11.8. The van der Waals surface area contributed by atoms with Crippen molar-refractivity contribution in [1.29, 1.82) is 0 Å². The molecule has 0 atom stereocenters. The van der Waals surface area contributed by atoms with Gasteiger partial charge in [-0.05, 0) is 50.8 Å². The molecule has 0 aromatic heterocycles. The summed E-state index contributed by atoms with van der Waals surface area (Å²) in [6, 6.07) is 7.87. The molecule has 2 rings (SSSR count). The van der Waals surface area contributed by atoms with Gasteiger partial charge in [0, 0.05) is 17.6 Å². The first kappa shape index (κ1) is 16.1. The molecule has 0 spiro atoms. The highest BCUT2D eigenvalue weighted by Gasteiger charge is 2.24. The Morgan fingerprint density at radius 2 is 2.10 bits per heavy atom. The number of hydrogen-bond donors (Lipinski definition) is 0. The third-order valence-corrected chi connectivity index (χ3v) is 3.98. The van der Waals surface area contributed by atoms with Crippen molar-refractivity contribution in [2.75, 3.05) is 19.7 Å². The Hall–Kier alpha value is -1.23. The Kier molecular flexibility index (Phi) is 5.91. The van der Waals surface area contributed by atoms with Crippen LogP contribution in [0.15, 0.2) is 28.7 Å². The number of nitrogens with zero attached hydrogens (tertiary/aromatic N) is 1. The summed E-state index contributed by atoms with van der Waals surface area (Å²) in [5.41, 5.74) is 0. The molecule has 1 aliphatic rings. The first-order valence-electron chi connectivity index (χ1n) is 7.38. The number of hydrogen-bond acceptors (Lipinski definition) is 3. The standard InChI is InChI=1S/C16H22BrNO3/c1-12(2)21-16(19)18-8-6-13(7-9-18)11-20-15-5-3-4-14(17)10-15/h3-5,10,12-13H,6-9,11H2,1-2H3. The summed E-state index contributed by atoms with van der Waals surface area (Å²) < 4.78 is 12.1. The van der Waals surface area contributed by atoms with E-state index in [0.29, 0.717) is 12.5 Å². The van der Waals surface area contributed by atoms with Gasteiger partial charge in [0.15, 0.2) is 0 Å². The number of ether oxygens (including phenoxy) is 2. The van der Waals surface area contributed by atoms with E-state index >= 15 is 0 Å². The molecule has 1 aromatic carbocycles. The Bertz CT molecular complexity index is 470. The number of rotatable bonds is 4. The molecule has 0 bridgehead atoms. The number of carbonyl (C=O) groups is 1.